The molecule has 1 rings (SSSR count). The monoisotopic (exact) mass is 212 g/mol. The van der Waals surface area contributed by atoms with Crippen molar-refractivity contribution in [2.45, 2.75) is 38.8 Å². The van der Waals surface area contributed by atoms with Crippen LogP contribution in [0, 0.1) is 0 Å². The fourth-order valence-corrected chi connectivity index (χ4v) is 1.35. The van der Waals surface area contributed by atoms with Crippen LogP contribution in [0.2, 0.25) is 0 Å². The summed E-state index contributed by atoms with van der Waals surface area (Å²) in [6.45, 7) is 6.47. The van der Waals surface area contributed by atoms with Gasteiger partial charge < -0.3 is 10.4 Å². The highest BCUT2D eigenvalue weighted by Gasteiger charge is 2.22. The zero-order valence-electron chi connectivity index (χ0n) is 9.86. The van der Waals surface area contributed by atoms with Gasteiger partial charge in [-0.2, -0.15) is 0 Å². The van der Waals surface area contributed by atoms with Crippen LogP contribution < -0.4 is 5.32 Å². The first-order chi connectivity index (χ1) is 6.89. The maximum Gasteiger partial charge on any atom is 0.0856 e. The van der Waals surface area contributed by atoms with E-state index < -0.39 is 5.60 Å². The highest BCUT2D eigenvalue weighted by molar-refractivity contribution is 4.98. The molecular weight excluding hydrogens is 192 g/mol. The number of hydrogen-bond acceptors (Lipinski definition) is 4. The van der Waals surface area contributed by atoms with Crippen molar-refractivity contribution < 1.29 is 5.11 Å². The first-order valence-corrected chi connectivity index (χ1v) is 5.20. The third kappa shape index (κ3) is 4.40. The Kier molecular flexibility index (Phi) is 3.82. The van der Waals surface area contributed by atoms with Crippen molar-refractivity contribution in [1.29, 1.82) is 0 Å². The predicted octanol–water partition coefficient (Wildman–Crippen LogP) is 0.107. The number of nitrogens with one attached hydrogen (secondary N) is 1. The van der Waals surface area contributed by atoms with Crippen LogP contribution in [0.3, 0.4) is 0 Å². The summed E-state index contributed by atoms with van der Waals surface area (Å²) in [6.07, 6.45) is 2.34. The van der Waals surface area contributed by atoms with Crippen LogP contribution >= 0.6 is 0 Å². The zero-order valence-corrected chi connectivity index (χ0v) is 9.86. The number of aromatic nitrogens is 3. The average molecular weight is 212 g/mol. The van der Waals surface area contributed by atoms with Gasteiger partial charge in [-0.3, -0.25) is 4.68 Å². The molecule has 0 aliphatic heterocycles. The molecule has 86 valence electrons. The Bertz CT molecular complexity index is 306. The van der Waals surface area contributed by atoms with E-state index in [1.807, 2.05) is 13.2 Å². The lowest BCUT2D eigenvalue weighted by molar-refractivity contribution is 0.0571. The molecule has 0 saturated heterocycles. The second kappa shape index (κ2) is 4.72. The highest BCUT2D eigenvalue weighted by Crippen LogP contribution is 2.09. The lowest BCUT2D eigenvalue weighted by Crippen LogP contribution is -2.42. The SMILES string of the molecule is CC(C)NCC(C)(O)Cc1cn(C)nn1. The maximum absolute atomic E-state index is 10.1. The van der Waals surface area contributed by atoms with E-state index >= 15 is 0 Å². The third-order valence-electron chi connectivity index (χ3n) is 2.10. The normalized spacial score (nSPS) is 15.6. The molecule has 0 saturated carbocycles. The fraction of sp³-hybridized carbons (Fsp3) is 0.800. The van der Waals surface area contributed by atoms with Crippen LogP contribution in [0.4, 0.5) is 0 Å². The van der Waals surface area contributed by atoms with Crippen molar-refractivity contribution >= 4 is 0 Å². The number of nitrogens with zero attached hydrogens (tertiary/aromatic N) is 3. The van der Waals surface area contributed by atoms with Gasteiger partial charge in [-0.25, -0.2) is 0 Å². The molecule has 5 nitrogen and oxygen atoms in total. The van der Waals surface area contributed by atoms with Crippen molar-refractivity contribution in [3.63, 3.8) is 0 Å². The summed E-state index contributed by atoms with van der Waals surface area (Å²) in [6, 6.07) is 0.373. The van der Waals surface area contributed by atoms with Gasteiger partial charge in [-0.15, -0.1) is 5.10 Å². The van der Waals surface area contributed by atoms with Crippen molar-refractivity contribution in [3.05, 3.63) is 11.9 Å². The van der Waals surface area contributed by atoms with Gasteiger partial charge in [0.25, 0.3) is 0 Å². The fourth-order valence-electron chi connectivity index (χ4n) is 1.35. The summed E-state index contributed by atoms with van der Waals surface area (Å²) in [4.78, 5) is 0. The maximum atomic E-state index is 10.1. The van der Waals surface area contributed by atoms with E-state index in [-0.39, 0.29) is 0 Å². The Hall–Kier alpha value is -0.940. The van der Waals surface area contributed by atoms with Gasteiger partial charge >= 0.3 is 0 Å². The molecule has 1 aromatic heterocycles. The Morgan fingerprint density at radius 1 is 1.60 bits per heavy atom. The summed E-state index contributed by atoms with van der Waals surface area (Å²) >= 11 is 0. The Labute approximate surface area is 90.5 Å². The van der Waals surface area contributed by atoms with Crippen molar-refractivity contribution in [1.82, 2.24) is 20.3 Å². The number of aliphatic hydroxyl groups is 1. The van der Waals surface area contributed by atoms with E-state index in [1.54, 1.807) is 11.6 Å². The van der Waals surface area contributed by atoms with E-state index in [1.165, 1.54) is 0 Å². The molecule has 0 aliphatic rings. The molecule has 0 amide bonds. The lowest BCUT2D eigenvalue weighted by atomic mass is 10.0. The van der Waals surface area contributed by atoms with E-state index in [9.17, 15) is 5.11 Å². The molecule has 1 atom stereocenters. The second-order valence-electron chi connectivity index (χ2n) is 4.59. The standard InChI is InChI=1S/C10H20N4O/c1-8(2)11-7-10(3,15)5-9-6-14(4)13-12-9/h6,8,11,15H,5,7H2,1-4H3. The van der Waals surface area contributed by atoms with Gasteiger partial charge in [0.1, 0.15) is 0 Å². The number of rotatable bonds is 5. The third-order valence-corrected chi connectivity index (χ3v) is 2.10. The smallest absolute Gasteiger partial charge is 0.0856 e. The van der Waals surface area contributed by atoms with Crippen LogP contribution in [-0.4, -0.2) is 38.3 Å². The molecule has 0 spiro atoms. The molecule has 2 N–H and O–H groups in total. The van der Waals surface area contributed by atoms with Gasteiger partial charge in [0, 0.05) is 32.3 Å². The first-order valence-electron chi connectivity index (χ1n) is 5.20. The predicted molar refractivity (Wildman–Crippen MR) is 58.5 cm³/mol. The molecule has 0 aliphatic carbocycles. The topological polar surface area (TPSA) is 63.0 Å². The molecule has 0 fully saturated rings. The molecule has 1 unspecified atom stereocenters. The molecular formula is C10H20N4O. The molecule has 1 aromatic rings. The van der Waals surface area contributed by atoms with Crippen molar-refractivity contribution in [2.75, 3.05) is 6.54 Å². The van der Waals surface area contributed by atoms with Gasteiger partial charge in [0.2, 0.25) is 0 Å². The lowest BCUT2D eigenvalue weighted by Gasteiger charge is -2.23. The van der Waals surface area contributed by atoms with Gasteiger partial charge in [-0.05, 0) is 6.92 Å². The van der Waals surface area contributed by atoms with E-state index in [2.05, 4.69) is 29.5 Å². The van der Waals surface area contributed by atoms with Crippen LogP contribution in [-0.2, 0) is 13.5 Å². The quantitative estimate of drug-likeness (QED) is 0.727. The van der Waals surface area contributed by atoms with Gasteiger partial charge in [-0.1, -0.05) is 19.1 Å². The Morgan fingerprint density at radius 3 is 2.73 bits per heavy atom. The van der Waals surface area contributed by atoms with Crippen LogP contribution in [0.1, 0.15) is 26.5 Å². The molecule has 5 heteroatoms. The minimum atomic E-state index is -0.777. The molecule has 0 radical (unpaired) electrons. The van der Waals surface area contributed by atoms with E-state index in [0.717, 1.165) is 5.69 Å². The minimum absolute atomic E-state index is 0.373. The Morgan fingerprint density at radius 2 is 2.27 bits per heavy atom. The molecule has 0 bridgehead atoms. The van der Waals surface area contributed by atoms with Crippen LogP contribution in [0.25, 0.3) is 0 Å². The first kappa shape index (κ1) is 12.1. The summed E-state index contributed by atoms with van der Waals surface area (Å²) in [5.74, 6) is 0. The second-order valence-corrected chi connectivity index (χ2v) is 4.59. The van der Waals surface area contributed by atoms with Gasteiger partial charge in [0.15, 0.2) is 0 Å². The highest BCUT2D eigenvalue weighted by atomic mass is 16.3. The summed E-state index contributed by atoms with van der Waals surface area (Å²) < 4.78 is 1.64. The zero-order chi connectivity index (χ0) is 11.5. The van der Waals surface area contributed by atoms with Crippen LogP contribution in [0.5, 0.6) is 0 Å². The summed E-state index contributed by atoms with van der Waals surface area (Å²) in [5, 5.41) is 21.1. The van der Waals surface area contributed by atoms with Crippen molar-refractivity contribution in [3.8, 4) is 0 Å². The Balaban J connectivity index is 2.48. The average Bonchev–Trinajstić information content (AvgIpc) is 2.47. The van der Waals surface area contributed by atoms with E-state index in [4.69, 9.17) is 0 Å². The van der Waals surface area contributed by atoms with Crippen molar-refractivity contribution in [2.24, 2.45) is 7.05 Å². The van der Waals surface area contributed by atoms with E-state index in [0.29, 0.717) is 19.0 Å². The molecule has 0 aromatic carbocycles. The summed E-state index contributed by atoms with van der Waals surface area (Å²) in [5.41, 5.74) is 0.0355. The largest absolute Gasteiger partial charge is 0.388 e. The van der Waals surface area contributed by atoms with Crippen LogP contribution in [0.15, 0.2) is 6.20 Å². The minimum Gasteiger partial charge on any atom is -0.388 e. The molecule has 15 heavy (non-hydrogen) atoms. The number of hydrogen-bond donors (Lipinski definition) is 2. The summed E-state index contributed by atoms with van der Waals surface area (Å²) in [7, 11) is 1.82. The van der Waals surface area contributed by atoms with Gasteiger partial charge in [0.05, 0.1) is 11.3 Å². The molecule has 1 heterocycles. The number of aryl methyl sites for hydroxylation is 1.